The van der Waals surface area contributed by atoms with E-state index in [0.29, 0.717) is 12.0 Å². The Morgan fingerprint density at radius 3 is 2.59 bits per heavy atom. The maximum Gasteiger partial charge on any atom is 0.227 e. The van der Waals surface area contributed by atoms with Crippen LogP contribution in [0.5, 0.6) is 0 Å². The van der Waals surface area contributed by atoms with Gasteiger partial charge in [-0.05, 0) is 50.2 Å². The van der Waals surface area contributed by atoms with Gasteiger partial charge in [-0.2, -0.15) is 0 Å². The first kappa shape index (κ1) is 13.5. The second-order valence-corrected chi connectivity index (χ2v) is 6.33. The Morgan fingerprint density at radius 1 is 1.14 bits per heavy atom. The lowest BCUT2D eigenvalue weighted by atomic mass is 10.1. The van der Waals surface area contributed by atoms with Crippen LogP contribution < -0.4 is 10.2 Å². The lowest BCUT2D eigenvalue weighted by Crippen LogP contribution is -2.44. The van der Waals surface area contributed by atoms with Crippen molar-refractivity contribution in [1.29, 1.82) is 0 Å². The summed E-state index contributed by atoms with van der Waals surface area (Å²) in [5, 5.41) is 3.25. The van der Waals surface area contributed by atoms with Gasteiger partial charge in [0.25, 0.3) is 0 Å². The molecule has 1 N–H and O–H groups in total. The third-order valence-corrected chi connectivity index (χ3v) is 4.84. The Morgan fingerprint density at radius 2 is 1.95 bits per heavy atom. The van der Waals surface area contributed by atoms with E-state index in [1.807, 2.05) is 6.07 Å². The van der Waals surface area contributed by atoms with E-state index < -0.39 is 0 Å². The highest BCUT2D eigenvalue weighted by molar-refractivity contribution is 5.64. The second kappa shape index (κ2) is 5.25. The predicted molar refractivity (Wildman–Crippen MR) is 88.7 cm³/mol. The minimum Gasteiger partial charge on any atom is -0.365 e. The molecule has 0 radical (unpaired) electrons. The summed E-state index contributed by atoms with van der Waals surface area (Å²) < 4.78 is 0. The Bertz CT molecular complexity index is 670. The van der Waals surface area contributed by atoms with Gasteiger partial charge in [0.15, 0.2) is 0 Å². The highest BCUT2D eigenvalue weighted by Crippen LogP contribution is 2.36. The molecule has 3 heterocycles. The smallest absolute Gasteiger partial charge is 0.227 e. The number of benzene rings is 1. The average molecular weight is 295 g/mol. The third-order valence-electron chi connectivity index (χ3n) is 4.84. The van der Waals surface area contributed by atoms with Crippen molar-refractivity contribution in [3.05, 3.63) is 42.2 Å². The van der Waals surface area contributed by atoms with Gasteiger partial charge in [0.05, 0.1) is 0 Å². The molecular weight excluding hydrogens is 274 g/mol. The Labute approximate surface area is 131 Å². The van der Waals surface area contributed by atoms with Crippen LogP contribution in [0.2, 0.25) is 0 Å². The van der Waals surface area contributed by atoms with Gasteiger partial charge in [-0.1, -0.05) is 0 Å². The van der Waals surface area contributed by atoms with Crippen molar-refractivity contribution in [2.24, 2.45) is 0 Å². The van der Waals surface area contributed by atoms with Crippen LogP contribution in [0, 0.1) is 6.92 Å². The van der Waals surface area contributed by atoms with Crippen molar-refractivity contribution >= 4 is 17.3 Å². The zero-order valence-corrected chi connectivity index (χ0v) is 13.0. The lowest BCUT2D eigenvalue weighted by Gasteiger charge is -2.34. The number of hydrogen-bond acceptors (Lipinski definition) is 5. The van der Waals surface area contributed by atoms with E-state index in [9.17, 15) is 0 Å². The van der Waals surface area contributed by atoms with Gasteiger partial charge < -0.3 is 10.2 Å². The van der Waals surface area contributed by atoms with Crippen molar-refractivity contribution in [3.8, 4) is 0 Å². The summed E-state index contributed by atoms with van der Waals surface area (Å²) in [4.78, 5) is 13.5. The molecule has 2 unspecified atom stereocenters. The number of anilines is 3. The summed E-state index contributed by atoms with van der Waals surface area (Å²) in [7, 11) is 2.24. The van der Waals surface area contributed by atoms with E-state index in [1.165, 1.54) is 24.2 Å². The van der Waals surface area contributed by atoms with Gasteiger partial charge in [0, 0.05) is 48.9 Å². The number of piperazine rings is 1. The normalized spacial score (nSPS) is 24.0. The highest BCUT2D eigenvalue weighted by atomic mass is 15.3. The molecule has 2 aromatic rings. The van der Waals surface area contributed by atoms with Crippen LogP contribution in [-0.2, 0) is 0 Å². The zero-order valence-electron chi connectivity index (χ0n) is 13.0. The van der Waals surface area contributed by atoms with Gasteiger partial charge in [0.2, 0.25) is 5.95 Å². The lowest BCUT2D eigenvalue weighted by molar-refractivity contribution is 0.292. The molecule has 5 heteroatoms. The molecule has 114 valence electrons. The fourth-order valence-corrected chi connectivity index (χ4v) is 3.71. The minimum absolute atomic E-state index is 0.636. The average Bonchev–Trinajstić information content (AvgIpc) is 3.07. The number of hydrogen-bond donors (Lipinski definition) is 1. The van der Waals surface area contributed by atoms with Crippen LogP contribution in [-0.4, -0.2) is 47.1 Å². The summed E-state index contributed by atoms with van der Waals surface area (Å²) in [6.45, 7) is 4.51. The zero-order chi connectivity index (χ0) is 15.1. The Hall–Kier alpha value is -2.14. The number of aryl methyl sites for hydroxylation is 1. The SMILES string of the molecule is Cc1cc(Nc2ncccn2)ccc1N1CC2CC1CN2C. The summed E-state index contributed by atoms with van der Waals surface area (Å²) >= 11 is 0. The monoisotopic (exact) mass is 295 g/mol. The molecule has 1 aromatic carbocycles. The predicted octanol–water partition coefficient (Wildman–Crippen LogP) is 2.42. The standard InChI is InChI=1S/C17H21N5/c1-12-8-13(20-17-18-6-3-7-19-17)4-5-16(12)22-11-14-9-15(22)10-21(14)2/h3-8,14-15H,9-11H2,1-2H3,(H,18,19,20). The van der Waals surface area contributed by atoms with Crippen molar-refractivity contribution in [1.82, 2.24) is 14.9 Å². The molecule has 2 fully saturated rings. The molecule has 4 rings (SSSR count). The van der Waals surface area contributed by atoms with Crippen LogP contribution in [0.4, 0.5) is 17.3 Å². The van der Waals surface area contributed by atoms with Crippen LogP contribution in [0.1, 0.15) is 12.0 Å². The maximum absolute atomic E-state index is 4.20. The summed E-state index contributed by atoms with van der Waals surface area (Å²) in [5.74, 6) is 0.636. The van der Waals surface area contributed by atoms with Crippen LogP contribution >= 0.6 is 0 Å². The van der Waals surface area contributed by atoms with Crippen molar-refractivity contribution < 1.29 is 0 Å². The molecule has 0 saturated carbocycles. The van der Waals surface area contributed by atoms with Crippen LogP contribution in [0.25, 0.3) is 0 Å². The molecule has 5 nitrogen and oxygen atoms in total. The Kier molecular flexibility index (Phi) is 3.22. The molecule has 0 aliphatic carbocycles. The Balaban J connectivity index is 1.54. The van der Waals surface area contributed by atoms with Gasteiger partial charge in [0.1, 0.15) is 0 Å². The van der Waals surface area contributed by atoms with Crippen LogP contribution in [0.3, 0.4) is 0 Å². The molecule has 2 aliphatic rings. The van der Waals surface area contributed by atoms with E-state index in [0.717, 1.165) is 18.3 Å². The number of fused-ring (bicyclic) bond motifs is 2. The van der Waals surface area contributed by atoms with Crippen molar-refractivity contribution in [3.63, 3.8) is 0 Å². The molecule has 2 aliphatic heterocycles. The number of nitrogens with zero attached hydrogens (tertiary/aromatic N) is 4. The van der Waals surface area contributed by atoms with Gasteiger partial charge >= 0.3 is 0 Å². The second-order valence-electron chi connectivity index (χ2n) is 6.33. The largest absolute Gasteiger partial charge is 0.365 e. The summed E-state index contributed by atoms with van der Waals surface area (Å²) in [6.07, 6.45) is 4.79. The number of aromatic nitrogens is 2. The van der Waals surface area contributed by atoms with Crippen molar-refractivity contribution in [2.45, 2.75) is 25.4 Å². The van der Waals surface area contributed by atoms with Gasteiger partial charge in [-0.25, -0.2) is 9.97 Å². The van der Waals surface area contributed by atoms with E-state index in [-0.39, 0.29) is 0 Å². The molecule has 1 aromatic heterocycles. The third kappa shape index (κ3) is 2.31. The molecular formula is C17H21N5. The quantitative estimate of drug-likeness (QED) is 0.942. The van der Waals surface area contributed by atoms with Crippen LogP contribution in [0.15, 0.2) is 36.7 Å². The van der Waals surface area contributed by atoms with Crippen molar-refractivity contribution in [2.75, 3.05) is 30.4 Å². The molecule has 0 amide bonds. The summed E-state index contributed by atoms with van der Waals surface area (Å²) in [5.41, 5.74) is 3.70. The topological polar surface area (TPSA) is 44.3 Å². The molecule has 2 bridgehead atoms. The van der Waals surface area contributed by atoms with Gasteiger partial charge in [-0.3, -0.25) is 4.90 Å². The molecule has 0 spiro atoms. The summed E-state index contributed by atoms with van der Waals surface area (Å²) in [6, 6.07) is 9.74. The molecule has 22 heavy (non-hydrogen) atoms. The fraction of sp³-hybridized carbons (Fsp3) is 0.412. The van der Waals surface area contributed by atoms with E-state index >= 15 is 0 Å². The highest BCUT2D eigenvalue weighted by Gasteiger charge is 2.41. The maximum atomic E-state index is 4.20. The number of likely N-dealkylation sites (N-methyl/N-ethyl adjacent to an activating group) is 1. The first-order valence-corrected chi connectivity index (χ1v) is 7.82. The number of nitrogens with one attached hydrogen (secondary N) is 1. The molecule has 2 atom stereocenters. The minimum atomic E-state index is 0.636. The van der Waals surface area contributed by atoms with E-state index in [2.05, 4.69) is 57.3 Å². The number of likely N-dealkylation sites (tertiary alicyclic amines) is 1. The van der Waals surface area contributed by atoms with E-state index in [1.54, 1.807) is 12.4 Å². The first-order chi connectivity index (χ1) is 10.7. The molecule has 2 saturated heterocycles. The van der Waals surface area contributed by atoms with E-state index in [4.69, 9.17) is 0 Å². The van der Waals surface area contributed by atoms with Gasteiger partial charge in [-0.15, -0.1) is 0 Å². The first-order valence-electron chi connectivity index (χ1n) is 7.82. The number of rotatable bonds is 3. The fourth-order valence-electron chi connectivity index (χ4n) is 3.71.